The van der Waals surface area contributed by atoms with Crippen molar-refractivity contribution in [1.82, 2.24) is 4.57 Å². The minimum atomic E-state index is -0.951. The Morgan fingerprint density at radius 1 is 0.833 bits per heavy atom. The topological polar surface area (TPSA) is 98.0 Å². The summed E-state index contributed by atoms with van der Waals surface area (Å²) in [7, 11) is 0. The lowest BCUT2D eigenvalue weighted by Gasteiger charge is -2.09. The Morgan fingerprint density at radius 3 is 2.17 bits per heavy atom. The Bertz CT molecular complexity index is 1560. The molecule has 1 aromatic heterocycles. The Morgan fingerprint density at radius 2 is 1.50 bits per heavy atom. The van der Waals surface area contributed by atoms with Crippen LogP contribution in [-0.2, 0) is 22.6 Å². The number of rotatable bonds is 15. The predicted molar refractivity (Wildman–Crippen MR) is 157 cm³/mol. The van der Waals surface area contributed by atoms with Gasteiger partial charge in [-0.2, -0.15) is 0 Å². The lowest BCUT2D eigenvalue weighted by molar-refractivity contribution is -0.138. The van der Waals surface area contributed by atoms with Gasteiger partial charge in [0.05, 0.1) is 18.7 Å². The molecule has 7 nitrogen and oxygen atoms in total. The molecular formula is C33H33F2NO6. The normalized spacial score (nSPS) is 11.3. The second-order valence-electron chi connectivity index (χ2n) is 9.89. The van der Waals surface area contributed by atoms with Gasteiger partial charge in [0.15, 0.2) is 17.4 Å². The number of nitrogens with zero attached hydrogens (tertiary/aromatic N) is 1. The van der Waals surface area contributed by atoms with E-state index < -0.39 is 23.6 Å². The molecule has 2 N–H and O–H groups in total. The van der Waals surface area contributed by atoms with Crippen LogP contribution in [-0.4, -0.2) is 39.9 Å². The first-order valence-corrected chi connectivity index (χ1v) is 13.8. The van der Waals surface area contributed by atoms with Gasteiger partial charge < -0.3 is 24.3 Å². The Labute approximate surface area is 242 Å². The number of hydrogen-bond acceptors (Lipinski definition) is 4. The minimum absolute atomic E-state index is 0.0511. The van der Waals surface area contributed by atoms with Crippen molar-refractivity contribution >= 4 is 35.0 Å². The lowest BCUT2D eigenvalue weighted by atomic mass is 10.0. The fraction of sp³-hybridized carbons (Fsp3) is 0.273. The van der Waals surface area contributed by atoms with E-state index in [-0.39, 0.29) is 25.3 Å². The average molecular weight is 578 g/mol. The minimum Gasteiger partial charge on any atom is -0.494 e. The molecule has 0 bridgehead atoms. The lowest BCUT2D eigenvalue weighted by Crippen LogP contribution is -2.10. The number of para-hydroxylation sites is 2. The van der Waals surface area contributed by atoms with Crippen LogP contribution in [0.25, 0.3) is 23.1 Å². The molecule has 0 aliphatic heterocycles. The van der Waals surface area contributed by atoms with Crippen molar-refractivity contribution in [3.05, 3.63) is 94.7 Å². The van der Waals surface area contributed by atoms with Gasteiger partial charge in [0.25, 0.3) is 0 Å². The number of hydrogen-bond donors (Lipinski definition) is 2. The number of halogens is 2. The van der Waals surface area contributed by atoms with Crippen LogP contribution in [0, 0.1) is 18.6 Å². The third kappa shape index (κ3) is 7.75. The molecule has 3 aromatic carbocycles. The van der Waals surface area contributed by atoms with Crippen molar-refractivity contribution in [2.45, 2.75) is 45.6 Å². The average Bonchev–Trinajstić information content (AvgIpc) is 3.21. The summed E-state index contributed by atoms with van der Waals surface area (Å²) in [6.45, 7) is 2.29. The van der Waals surface area contributed by atoms with E-state index in [1.807, 2.05) is 61.5 Å². The maximum absolute atomic E-state index is 13.6. The number of carboxylic acid groups (broad SMARTS) is 2. The number of unbranched alkanes of at least 4 members (excludes halogenated alkanes) is 1. The number of aromatic nitrogens is 1. The van der Waals surface area contributed by atoms with E-state index >= 15 is 0 Å². The smallest absolute Gasteiger partial charge is 0.323 e. The second-order valence-corrected chi connectivity index (χ2v) is 9.89. The number of aryl methyl sites for hydroxylation is 1. The summed E-state index contributed by atoms with van der Waals surface area (Å²) in [4.78, 5) is 22.7. The van der Waals surface area contributed by atoms with E-state index in [1.54, 1.807) is 4.57 Å². The molecular weight excluding hydrogens is 544 g/mol. The molecule has 0 saturated heterocycles. The summed E-state index contributed by atoms with van der Waals surface area (Å²) >= 11 is 0. The van der Waals surface area contributed by atoms with Crippen LogP contribution in [0.5, 0.6) is 11.5 Å². The molecule has 1 heterocycles. The first-order valence-electron chi connectivity index (χ1n) is 13.8. The maximum atomic E-state index is 13.6. The quantitative estimate of drug-likeness (QED) is 0.115. The van der Waals surface area contributed by atoms with Gasteiger partial charge in [-0.25, -0.2) is 8.78 Å². The number of carbonyl (C=O) groups is 2. The monoisotopic (exact) mass is 577 g/mol. The van der Waals surface area contributed by atoms with E-state index in [0.717, 1.165) is 45.4 Å². The van der Waals surface area contributed by atoms with Crippen LogP contribution in [0.3, 0.4) is 0 Å². The van der Waals surface area contributed by atoms with E-state index in [9.17, 15) is 23.5 Å². The molecule has 0 aliphatic carbocycles. The fourth-order valence-corrected chi connectivity index (χ4v) is 4.88. The van der Waals surface area contributed by atoms with Crippen LogP contribution < -0.4 is 9.47 Å². The van der Waals surface area contributed by atoms with Crippen LogP contribution in [0.15, 0.2) is 60.7 Å². The Hall–Kier alpha value is -4.66. The third-order valence-corrected chi connectivity index (χ3v) is 6.92. The first kappa shape index (κ1) is 30.3. The summed E-state index contributed by atoms with van der Waals surface area (Å²) in [5.41, 5.74) is 4.38. The summed E-state index contributed by atoms with van der Waals surface area (Å²) in [5, 5.41) is 19.5. The van der Waals surface area contributed by atoms with Gasteiger partial charge in [-0.1, -0.05) is 48.6 Å². The molecule has 220 valence electrons. The molecule has 0 radical (unpaired) electrons. The van der Waals surface area contributed by atoms with Crippen LogP contribution in [0.4, 0.5) is 8.78 Å². The van der Waals surface area contributed by atoms with Crippen molar-refractivity contribution in [3.63, 3.8) is 0 Å². The van der Waals surface area contributed by atoms with Crippen molar-refractivity contribution in [3.8, 4) is 11.5 Å². The van der Waals surface area contributed by atoms with Gasteiger partial charge >= 0.3 is 11.9 Å². The van der Waals surface area contributed by atoms with Gasteiger partial charge in [-0.15, -0.1) is 0 Å². The zero-order valence-electron chi connectivity index (χ0n) is 23.3. The Kier molecular flexibility index (Phi) is 10.3. The highest BCUT2D eigenvalue weighted by atomic mass is 19.1. The van der Waals surface area contributed by atoms with Gasteiger partial charge in [0.1, 0.15) is 12.3 Å². The third-order valence-electron chi connectivity index (χ3n) is 6.92. The SMILES string of the molecule is Cc1c(CCCC(=O)O)c2cccc(C=Cc3ccc(OCCCCOc4c(F)cccc4F)cc3)c2n1CC(=O)O. The second kappa shape index (κ2) is 14.3. The number of aliphatic carboxylic acids is 2. The number of carboxylic acids is 2. The Balaban J connectivity index is 1.38. The summed E-state index contributed by atoms with van der Waals surface area (Å²) < 4.78 is 40.0. The summed E-state index contributed by atoms with van der Waals surface area (Å²) in [6.07, 6.45) is 6.17. The highest BCUT2D eigenvalue weighted by Gasteiger charge is 2.18. The van der Waals surface area contributed by atoms with Crippen LogP contribution in [0.1, 0.15) is 48.1 Å². The molecule has 0 atom stereocenters. The van der Waals surface area contributed by atoms with Gasteiger partial charge in [0.2, 0.25) is 0 Å². The maximum Gasteiger partial charge on any atom is 0.323 e. The first-order chi connectivity index (χ1) is 20.2. The zero-order chi connectivity index (χ0) is 30.1. The largest absolute Gasteiger partial charge is 0.494 e. The van der Waals surface area contributed by atoms with E-state index in [4.69, 9.17) is 14.6 Å². The standard InChI is InChI=1S/C33H33F2NO6/c1-22-26(8-5-12-30(37)38)27-9-4-7-24(32(27)36(22)21-31(39)40)16-13-23-14-17-25(18-15-23)41-19-2-3-20-42-33-28(34)10-6-11-29(33)35/h4,6-7,9-11,13-18H,2-3,5,8,12,19-21H2,1H3,(H,37,38)(H,39,40). The number of benzene rings is 3. The van der Waals surface area contributed by atoms with E-state index in [0.29, 0.717) is 38.0 Å². The zero-order valence-corrected chi connectivity index (χ0v) is 23.3. The van der Waals surface area contributed by atoms with Gasteiger partial charge in [0, 0.05) is 17.5 Å². The molecule has 4 rings (SSSR count). The van der Waals surface area contributed by atoms with Crippen molar-refractivity contribution < 1.29 is 38.1 Å². The molecule has 0 saturated carbocycles. The molecule has 0 aliphatic rings. The van der Waals surface area contributed by atoms with Crippen molar-refractivity contribution in [2.75, 3.05) is 13.2 Å². The highest BCUT2D eigenvalue weighted by Crippen LogP contribution is 2.31. The molecule has 0 spiro atoms. The van der Waals surface area contributed by atoms with Gasteiger partial charge in [-0.05, 0) is 73.6 Å². The van der Waals surface area contributed by atoms with Crippen LogP contribution >= 0.6 is 0 Å². The summed E-state index contributed by atoms with van der Waals surface area (Å²) in [5.74, 6) is -2.93. The molecule has 0 unspecified atom stereocenters. The predicted octanol–water partition coefficient (Wildman–Crippen LogP) is 7.13. The number of ether oxygens (including phenoxy) is 2. The number of fused-ring (bicyclic) bond motifs is 1. The van der Waals surface area contributed by atoms with E-state index in [1.165, 1.54) is 6.07 Å². The van der Waals surface area contributed by atoms with E-state index in [2.05, 4.69) is 0 Å². The van der Waals surface area contributed by atoms with Gasteiger partial charge in [-0.3, -0.25) is 9.59 Å². The van der Waals surface area contributed by atoms with Crippen LogP contribution in [0.2, 0.25) is 0 Å². The highest BCUT2D eigenvalue weighted by molar-refractivity contribution is 5.95. The molecule has 42 heavy (non-hydrogen) atoms. The molecule has 0 fully saturated rings. The van der Waals surface area contributed by atoms with Crippen molar-refractivity contribution in [2.24, 2.45) is 0 Å². The molecule has 0 amide bonds. The molecule has 9 heteroatoms. The fourth-order valence-electron chi connectivity index (χ4n) is 4.88. The van der Waals surface area contributed by atoms with Crippen molar-refractivity contribution in [1.29, 1.82) is 0 Å². The molecule has 4 aromatic rings. The summed E-state index contributed by atoms with van der Waals surface area (Å²) in [6, 6.07) is 16.9.